The van der Waals surface area contributed by atoms with Crippen molar-refractivity contribution in [2.75, 3.05) is 7.05 Å². The number of nitrogens with one attached hydrogen (secondary N) is 1. The number of aliphatic imine (C=N–C) groups is 2. The van der Waals surface area contributed by atoms with Gasteiger partial charge in [0.1, 0.15) is 40.4 Å². The lowest BCUT2D eigenvalue weighted by molar-refractivity contribution is 0.397. The first-order valence-corrected chi connectivity index (χ1v) is 14.5. The van der Waals surface area contributed by atoms with Crippen LogP contribution in [0.4, 0.5) is 11.6 Å². The van der Waals surface area contributed by atoms with E-state index in [1.54, 1.807) is 0 Å². The van der Waals surface area contributed by atoms with E-state index in [2.05, 4.69) is 131 Å². The fourth-order valence-corrected chi connectivity index (χ4v) is 6.86. The van der Waals surface area contributed by atoms with Gasteiger partial charge in [0.25, 0.3) is 0 Å². The highest BCUT2D eigenvalue weighted by molar-refractivity contribution is 6.10. The molecule has 0 saturated carbocycles. The number of hydrogen-bond donors (Lipinski definition) is 1. The molecule has 9 rings (SSSR count). The van der Waals surface area contributed by atoms with Crippen LogP contribution in [-0.2, 0) is 14.1 Å². The number of rotatable bonds is 0. The molecule has 8 bridgehead atoms. The van der Waals surface area contributed by atoms with Gasteiger partial charge in [-0.05, 0) is 0 Å². The molecule has 0 fully saturated rings. The Bertz CT molecular complexity index is 2340. The number of benzene rings is 4. The second-order valence-corrected chi connectivity index (χ2v) is 11.4. The van der Waals surface area contributed by atoms with Crippen molar-refractivity contribution in [3.63, 3.8) is 0 Å². The first kappa shape index (κ1) is 24.1. The molecule has 43 heavy (non-hydrogen) atoms. The summed E-state index contributed by atoms with van der Waals surface area (Å²) in [6.07, 6.45) is -0.535. The van der Waals surface area contributed by atoms with Gasteiger partial charge in [0, 0.05) is 64.9 Å². The van der Waals surface area contributed by atoms with Gasteiger partial charge >= 0.3 is 0 Å². The van der Waals surface area contributed by atoms with Crippen LogP contribution >= 0.6 is 0 Å². The van der Waals surface area contributed by atoms with Crippen LogP contribution in [0.25, 0.3) is 21.5 Å². The van der Waals surface area contributed by atoms with Gasteiger partial charge in [-0.2, -0.15) is 0 Å². The third-order valence-electron chi connectivity index (χ3n) is 8.98. The molecule has 2 atom stereocenters. The highest BCUT2D eigenvalue weighted by Gasteiger charge is 2.34. The maximum absolute atomic E-state index is 5.44. The highest BCUT2D eigenvalue weighted by Crippen LogP contribution is 2.41. The number of hydrogen-bond acceptors (Lipinski definition) is 6. The molecule has 8 nitrogen and oxygen atoms in total. The lowest BCUT2D eigenvalue weighted by Crippen LogP contribution is -2.30. The van der Waals surface area contributed by atoms with E-state index in [1.807, 2.05) is 7.05 Å². The molecule has 2 aromatic heterocycles. The summed E-state index contributed by atoms with van der Waals surface area (Å²) in [5, 5.41) is 7.90. The molecule has 0 amide bonds. The molecule has 0 aliphatic carbocycles. The third kappa shape index (κ3) is 3.31. The molecule has 208 valence electrons. The predicted octanol–water partition coefficient (Wildman–Crippen LogP) is 5.33. The molecule has 3 aliphatic heterocycles. The van der Waals surface area contributed by atoms with Crippen molar-refractivity contribution in [1.82, 2.24) is 19.4 Å². The van der Waals surface area contributed by atoms with Crippen molar-refractivity contribution < 1.29 is 0 Å². The molecule has 0 radical (unpaired) electrons. The number of aromatic nitrogens is 2. The van der Waals surface area contributed by atoms with Crippen LogP contribution in [-0.4, -0.2) is 32.8 Å². The summed E-state index contributed by atoms with van der Waals surface area (Å²) in [6, 6.07) is 33.6. The molecule has 8 heteroatoms. The monoisotopic (exact) mass is 560 g/mol. The van der Waals surface area contributed by atoms with Gasteiger partial charge in [-0.25, -0.2) is 20.0 Å². The van der Waals surface area contributed by atoms with Crippen molar-refractivity contribution in [1.29, 1.82) is 0 Å². The smallest absolute Gasteiger partial charge is 0.151 e. The molecular weight excluding hydrogens is 532 g/mol. The highest BCUT2D eigenvalue weighted by atomic mass is 15.3. The van der Waals surface area contributed by atoms with Crippen LogP contribution in [0.2, 0.25) is 0 Å². The van der Waals surface area contributed by atoms with Crippen molar-refractivity contribution >= 4 is 44.9 Å². The number of fused-ring (bicyclic) bond motifs is 20. The van der Waals surface area contributed by atoms with E-state index in [-0.39, 0.29) is 12.3 Å². The Kier molecular flexibility index (Phi) is 4.91. The molecule has 2 unspecified atom stereocenters. The summed E-state index contributed by atoms with van der Waals surface area (Å²) in [6.45, 7) is 0. The van der Waals surface area contributed by atoms with E-state index in [4.69, 9.17) is 20.0 Å². The van der Waals surface area contributed by atoms with E-state index in [0.717, 1.165) is 78.1 Å². The normalized spacial score (nSPS) is 22.4. The summed E-state index contributed by atoms with van der Waals surface area (Å²) < 4.78 is 4.22. The number of amidine groups is 2. The van der Waals surface area contributed by atoms with Crippen molar-refractivity contribution in [3.05, 3.63) is 130 Å². The van der Waals surface area contributed by atoms with E-state index in [0.29, 0.717) is 0 Å². The molecule has 5 heterocycles. The standard InChI is InChI=1S/C35H28N8/c1-41-30-22-14-6-8-16-24(22)32(41)39-34-26-18-10-11-19-27(26)35(43(34)3)40-33-25-17-9-7-15-23(25)31(42(33)2)38-29-21-13-5-4-12-20(21)28(36-29)37-30/h4-19,28,34H,1-3H3,(H,36,38)/b37-30-,39-32-,40-35-. The summed E-state index contributed by atoms with van der Waals surface area (Å²) in [5.41, 5.74) is 6.13. The Labute approximate surface area is 247 Å². The molecular formula is C35H28N8. The lowest BCUT2D eigenvalue weighted by Gasteiger charge is -2.19. The summed E-state index contributed by atoms with van der Waals surface area (Å²) in [7, 11) is 6.19. The lowest BCUT2D eigenvalue weighted by atomic mass is 10.1. The van der Waals surface area contributed by atoms with E-state index in [1.165, 1.54) is 0 Å². The molecule has 0 saturated heterocycles. The van der Waals surface area contributed by atoms with Gasteiger partial charge in [0.2, 0.25) is 0 Å². The molecule has 1 N–H and O–H groups in total. The second kappa shape index (κ2) is 8.75. The minimum absolute atomic E-state index is 0.242. The topological polar surface area (TPSA) is 74.6 Å². The van der Waals surface area contributed by atoms with Crippen LogP contribution in [0.3, 0.4) is 0 Å². The van der Waals surface area contributed by atoms with Crippen LogP contribution in [0.15, 0.2) is 117 Å². The fourth-order valence-electron chi connectivity index (χ4n) is 6.86. The first-order valence-electron chi connectivity index (χ1n) is 14.5. The zero-order chi connectivity index (χ0) is 28.8. The zero-order valence-corrected chi connectivity index (χ0v) is 24.0. The van der Waals surface area contributed by atoms with Crippen LogP contribution in [0, 0.1) is 0 Å². The first-order chi connectivity index (χ1) is 21.1. The van der Waals surface area contributed by atoms with E-state index < -0.39 is 0 Å². The minimum atomic E-state index is -0.293. The van der Waals surface area contributed by atoms with Gasteiger partial charge in [0.15, 0.2) is 6.17 Å². The number of nitrogens with zero attached hydrogens (tertiary/aromatic N) is 7. The molecule has 6 aromatic rings. The van der Waals surface area contributed by atoms with Crippen molar-refractivity contribution in [3.8, 4) is 0 Å². The maximum atomic E-state index is 5.44. The van der Waals surface area contributed by atoms with E-state index in [9.17, 15) is 0 Å². The zero-order valence-electron chi connectivity index (χ0n) is 24.0. The Morgan fingerprint density at radius 3 is 1.84 bits per heavy atom. The van der Waals surface area contributed by atoms with Gasteiger partial charge in [-0.3, -0.25) is 0 Å². The average molecular weight is 561 g/mol. The second-order valence-electron chi connectivity index (χ2n) is 11.4. The van der Waals surface area contributed by atoms with Crippen LogP contribution in [0.5, 0.6) is 0 Å². The van der Waals surface area contributed by atoms with Crippen LogP contribution in [0.1, 0.15) is 34.6 Å². The molecule has 4 aromatic carbocycles. The van der Waals surface area contributed by atoms with Crippen molar-refractivity contribution in [2.45, 2.75) is 12.3 Å². The van der Waals surface area contributed by atoms with E-state index >= 15 is 0 Å². The summed E-state index contributed by atoms with van der Waals surface area (Å²) in [5.74, 6) is 3.39. The maximum Gasteiger partial charge on any atom is 0.151 e. The van der Waals surface area contributed by atoms with Gasteiger partial charge in [0.05, 0.1) is 0 Å². The minimum Gasteiger partial charge on any atom is -0.344 e. The Balaban J connectivity index is 1.44. The SMILES string of the molecule is CN1/C2=N\c3c4ccccc4c(n3C)/N=C3\NC(/N=c4/c5ccccc5/c(n4C)=N/C1c1ccccc12)c1ccccc13. The van der Waals surface area contributed by atoms with Gasteiger partial charge in [-0.15, -0.1) is 0 Å². The Morgan fingerprint density at radius 2 is 1.12 bits per heavy atom. The quantitative estimate of drug-likeness (QED) is 0.273. The largest absolute Gasteiger partial charge is 0.344 e. The summed E-state index contributed by atoms with van der Waals surface area (Å²) >= 11 is 0. The molecule has 0 spiro atoms. The Morgan fingerprint density at radius 1 is 0.558 bits per heavy atom. The van der Waals surface area contributed by atoms with Gasteiger partial charge in [-0.1, -0.05) is 97.1 Å². The van der Waals surface area contributed by atoms with Crippen molar-refractivity contribution in [2.24, 2.45) is 34.1 Å². The Hall–Kier alpha value is -5.50. The fraction of sp³-hybridized carbons (Fsp3) is 0.143. The third-order valence-corrected chi connectivity index (χ3v) is 8.98. The van der Waals surface area contributed by atoms with Gasteiger partial charge < -0.3 is 19.4 Å². The average Bonchev–Trinajstić information content (AvgIpc) is 3.69. The molecule has 3 aliphatic rings. The van der Waals surface area contributed by atoms with Crippen LogP contribution < -0.4 is 16.3 Å². The predicted molar refractivity (Wildman–Crippen MR) is 170 cm³/mol. The summed E-state index contributed by atoms with van der Waals surface area (Å²) in [4.78, 5) is 23.6.